The summed E-state index contributed by atoms with van der Waals surface area (Å²) in [6.45, 7) is 6.43. The summed E-state index contributed by atoms with van der Waals surface area (Å²) < 4.78 is 53.8. The van der Waals surface area contributed by atoms with Crippen LogP contribution in [-0.4, -0.2) is 14.6 Å². The molecule has 0 aliphatic heterocycles. The molecule has 8 heteroatoms. The number of rotatable bonds is 3. The van der Waals surface area contributed by atoms with Crippen LogP contribution < -0.4 is 5.56 Å². The predicted octanol–water partition coefficient (Wildman–Crippen LogP) is 4.56. The molecule has 0 bridgehead atoms. The number of benzene rings is 1. The van der Waals surface area contributed by atoms with Crippen LogP contribution in [0.25, 0.3) is 5.69 Å². The Morgan fingerprint density at radius 1 is 1.28 bits per heavy atom. The van der Waals surface area contributed by atoms with Crippen LogP contribution in [0.2, 0.25) is 0 Å². The van der Waals surface area contributed by atoms with E-state index in [-0.39, 0.29) is 11.6 Å². The number of hydrogen-bond acceptors (Lipinski definition) is 3. The summed E-state index contributed by atoms with van der Waals surface area (Å²) >= 11 is 5.12. The molecule has 0 radical (unpaired) electrons. The Bertz CT molecular complexity index is 901. The molecule has 0 fully saturated rings. The van der Waals surface area contributed by atoms with Crippen molar-refractivity contribution in [3.8, 4) is 5.69 Å². The smallest absolute Gasteiger partial charge is 0.267 e. The van der Waals surface area contributed by atoms with Crippen LogP contribution >= 0.6 is 12.2 Å². The number of alkyl halides is 3. The van der Waals surface area contributed by atoms with Gasteiger partial charge in [0.1, 0.15) is 11.5 Å². The normalized spacial score (nSPS) is 11.9. The topological polar surface area (TPSA) is 34.9 Å². The molecule has 134 valence electrons. The van der Waals surface area contributed by atoms with Crippen LogP contribution in [0.5, 0.6) is 0 Å². The van der Waals surface area contributed by atoms with Gasteiger partial charge in [0.05, 0.1) is 11.8 Å². The van der Waals surface area contributed by atoms with E-state index in [4.69, 9.17) is 12.2 Å². The van der Waals surface area contributed by atoms with Crippen molar-refractivity contribution < 1.29 is 17.6 Å². The molecule has 0 aliphatic carbocycles. The summed E-state index contributed by atoms with van der Waals surface area (Å²) in [6, 6.07) is 2.60. The number of aromatic nitrogens is 2. The van der Waals surface area contributed by atoms with Crippen LogP contribution in [0.15, 0.2) is 23.1 Å². The SMILES string of the molecule is CC(=S)c1cc(F)c(-n2ncc(C(F)(F)F)c(C)c2=O)cc1C(C)C. The average Bonchev–Trinajstić information content (AvgIpc) is 2.48. The summed E-state index contributed by atoms with van der Waals surface area (Å²) in [5.41, 5.74) is -1.67. The first-order chi connectivity index (χ1) is 11.4. The lowest BCUT2D eigenvalue weighted by atomic mass is 9.94. The molecule has 0 saturated heterocycles. The molecule has 0 spiro atoms. The van der Waals surface area contributed by atoms with Gasteiger partial charge in [-0.15, -0.1) is 0 Å². The second-order valence-electron chi connectivity index (χ2n) is 6.00. The molecule has 25 heavy (non-hydrogen) atoms. The predicted molar refractivity (Wildman–Crippen MR) is 91.0 cm³/mol. The van der Waals surface area contributed by atoms with Crippen LogP contribution in [0.1, 0.15) is 48.9 Å². The van der Waals surface area contributed by atoms with E-state index >= 15 is 0 Å². The molecule has 2 aromatic rings. The number of halogens is 4. The number of nitrogens with zero attached hydrogens (tertiary/aromatic N) is 2. The van der Waals surface area contributed by atoms with Crippen LogP contribution in [0, 0.1) is 12.7 Å². The van der Waals surface area contributed by atoms with Crippen molar-refractivity contribution in [1.82, 2.24) is 9.78 Å². The standard InChI is InChI=1S/C17H16F4N2OS/c1-8(2)11-6-15(14(18)5-12(11)10(4)25)23-16(24)9(3)13(7-22-23)17(19,20)21/h5-8H,1-4H3. The van der Waals surface area contributed by atoms with Gasteiger partial charge < -0.3 is 0 Å². The summed E-state index contributed by atoms with van der Waals surface area (Å²) in [5, 5.41) is 3.52. The van der Waals surface area contributed by atoms with Crippen molar-refractivity contribution >= 4 is 17.1 Å². The highest BCUT2D eigenvalue weighted by Crippen LogP contribution is 2.30. The lowest BCUT2D eigenvalue weighted by Gasteiger charge is -2.17. The first-order valence-corrected chi connectivity index (χ1v) is 7.86. The largest absolute Gasteiger partial charge is 0.418 e. The van der Waals surface area contributed by atoms with Crippen molar-refractivity contribution in [1.29, 1.82) is 0 Å². The van der Waals surface area contributed by atoms with E-state index in [1.807, 2.05) is 13.8 Å². The monoisotopic (exact) mass is 372 g/mol. The zero-order chi connectivity index (χ0) is 19.1. The molecule has 2 rings (SSSR count). The molecule has 0 amide bonds. The summed E-state index contributed by atoms with van der Waals surface area (Å²) in [4.78, 5) is 12.8. The fourth-order valence-electron chi connectivity index (χ4n) is 2.52. The van der Waals surface area contributed by atoms with Gasteiger partial charge >= 0.3 is 6.18 Å². The molecule has 1 aromatic heterocycles. The minimum atomic E-state index is -4.70. The quantitative estimate of drug-likeness (QED) is 0.450. The van der Waals surface area contributed by atoms with Gasteiger partial charge in [0.15, 0.2) is 0 Å². The molecule has 0 unspecified atom stereocenters. The second kappa shape index (κ2) is 6.67. The van der Waals surface area contributed by atoms with Crippen molar-refractivity contribution in [2.24, 2.45) is 0 Å². The van der Waals surface area contributed by atoms with Gasteiger partial charge in [-0.2, -0.15) is 23.0 Å². The first kappa shape index (κ1) is 19.2. The molecular weight excluding hydrogens is 356 g/mol. The maximum Gasteiger partial charge on any atom is 0.418 e. The van der Waals surface area contributed by atoms with Gasteiger partial charge in [-0.1, -0.05) is 26.1 Å². The second-order valence-corrected chi connectivity index (χ2v) is 6.61. The van der Waals surface area contributed by atoms with E-state index in [1.165, 1.54) is 12.1 Å². The van der Waals surface area contributed by atoms with Gasteiger partial charge in [-0.05, 0) is 43.0 Å². The highest BCUT2D eigenvalue weighted by molar-refractivity contribution is 7.80. The summed E-state index contributed by atoms with van der Waals surface area (Å²) in [5.74, 6) is -0.809. The highest BCUT2D eigenvalue weighted by Gasteiger charge is 2.34. The lowest BCUT2D eigenvalue weighted by Crippen LogP contribution is -2.28. The molecule has 1 aromatic carbocycles. The summed E-state index contributed by atoms with van der Waals surface area (Å²) in [7, 11) is 0. The Balaban J connectivity index is 2.76. The van der Waals surface area contributed by atoms with Gasteiger partial charge in [-0.25, -0.2) is 4.39 Å². The van der Waals surface area contributed by atoms with Crippen molar-refractivity contribution in [3.63, 3.8) is 0 Å². The molecule has 0 aliphatic rings. The van der Waals surface area contributed by atoms with E-state index in [0.717, 1.165) is 6.92 Å². The Kier molecular flexibility index (Phi) is 5.13. The number of hydrogen-bond donors (Lipinski definition) is 0. The Morgan fingerprint density at radius 3 is 2.36 bits per heavy atom. The maximum absolute atomic E-state index is 14.5. The maximum atomic E-state index is 14.5. The molecule has 0 atom stereocenters. The third kappa shape index (κ3) is 3.63. The van der Waals surface area contributed by atoms with Crippen LogP contribution in [-0.2, 0) is 6.18 Å². The van der Waals surface area contributed by atoms with Gasteiger partial charge in [0.25, 0.3) is 5.56 Å². The lowest BCUT2D eigenvalue weighted by molar-refractivity contribution is -0.138. The van der Waals surface area contributed by atoms with Gasteiger partial charge in [0, 0.05) is 10.4 Å². The molecule has 3 nitrogen and oxygen atoms in total. The van der Waals surface area contributed by atoms with E-state index in [0.29, 0.717) is 26.9 Å². The number of thiocarbonyl (C=S) groups is 1. The van der Waals surface area contributed by atoms with E-state index in [9.17, 15) is 22.4 Å². The minimum absolute atomic E-state index is 0.0292. The average molecular weight is 372 g/mol. The van der Waals surface area contributed by atoms with Crippen LogP contribution in [0.3, 0.4) is 0 Å². The zero-order valence-corrected chi connectivity index (χ0v) is 14.8. The third-order valence-electron chi connectivity index (χ3n) is 3.87. The Morgan fingerprint density at radius 2 is 1.88 bits per heavy atom. The highest BCUT2D eigenvalue weighted by atomic mass is 32.1. The third-order valence-corrected chi connectivity index (χ3v) is 4.09. The van der Waals surface area contributed by atoms with Crippen LogP contribution in [0.4, 0.5) is 17.6 Å². The molecule has 0 N–H and O–H groups in total. The van der Waals surface area contributed by atoms with E-state index in [1.54, 1.807) is 6.92 Å². The van der Waals surface area contributed by atoms with E-state index in [2.05, 4.69) is 5.10 Å². The Hall–Kier alpha value is -2.09. The van der Waals surface area contributed by atoms with Gasteiger partial charge in [0.2, 0.25) is 0 Å². The molecule has 0 saturated carbocycles. The Labute approximate surface area is 147 Å². The van der Waals surface area contributed by atoms with Crippen molar-refractivity contribution in [3.05, 3.63) is 56.8 Å². The van der Waals surface area contributed by atoms with Crippen molar-refractivity contribution in [2.75, 3.05) is 0 Å². The summed E-state index contributed by atoms with van der Waals surface area (Å²) in [6.07, 6.45) is -4.17. The fourth-order valence-corrected chi connectivity index (χ4v) is 2.70. The van der Waals surface area contributed by atoms with Gasteiger partial charge in [-0.3, -0.25) is 4.79 Å². The molecule has 1 heterocycles. The van der Waals surface area contributed by atoms with Crippen molar-refractivity contribution in [2.45, 2.75) is 39.8 Å². The van der Waals surface area contributed by atoms with E-state index < -0.39 is 28.7 Å². The minimum Gasteiger partial charge on any atom is -0.267 e. The fraction of sp³-hybridized carbons (Fsp3) is 0.353. The molecular formula is C17H16F4N2OS. The first-order valence-electron chi connectivity index (χ1n) is 7.46. The zero-order valence-electron chi connectivity index (χ0n) is 14.0.